The van der Waals surface area contributed by atoms with Gasteiger partial charge in [-0.05, 0) is 18.5 Å². The molecule has 0 unspecified atom stereocenters. The van der Waals surface area contributed by atoms with E-state index in [1.807, 2.05) is 0 Å². The number of hydrogen-bond donors (Lipinski definition) is 0. The van der Waals surface area contributed by atoms with Crippen molar-refractivity contribution in [1.29, 1.82) is 0 Å². The predicted molar refractivity (Wildman–Crippen MR) is 56.7 cm³/mol. The minimum Gasteiger partial charge on any atom is -0.473 e. The van der Waals surface area contributed by atoms with Gasteiger partial charge < -0.3 is 4.74 Å². The van der Waals surface area contributed by atoms with E-state index in [4.69, 9.17) is 4.74 Å². The lowest BCUT2D eigenvalue weighted by molar-refractivity contribution is 0.104. The van der Waals surface area contributed by atoms with Crippen molar-refractivity contribution in [2.24, 2.45) is 0 Å². The molecule has 0 fully saturated rings. The fourth-order valence-corrected chi connectivity index (χ4v) is 2.36. The summed E-state index contributed by atoms with van der Waals surface area (Å²) in [5, 5.41) is 4.27. The molecular weight excluding hydrogens is 234 g/mol. The number of ether oxygens (including phenoxy) is 1. The van der Waals surface area contributed by atoms with E-state index < -0.39 is 0 Å². The number of aromatic nitrogens is 3. The Balaban J connectivity index is 2.32. The highest BCUT2D eigenvalue weighted by molar-refractivity contribution is 7.16. The fraction of sp³-hybridized carbons (Fsp3) is 0.250. The van der Waals surface area contributed by atoms with Crippen LogP contribution < -0.4 is 4.74 Å². The van der Waals surface area contributed by atoms with Gasteiger partial charge in [-0.2, -0.15) is 0 Å². The molecule has 2 aromatic heterocycles. The normalized spacial score (nSPS) is 10.3. The molecule has 0 aliphatic heterocycles. The number of rotatable bonds is 3. The lowest BCUT2D eigenvalue weighted by atomic mass is 10.2. The molecule has 15 heavy (non-hydrogen) atoms. The molecule has 7 heteroatoms. The van der Waals surface area contributed by atoms with Gasteiger partial charge in [-0.25, -0.2) is 4.98 Å². The van der Waals surface area contributed by atoms with Gasteiger partial charge in [0.15, 0.2) is 0 Å². The molecule has 0 spiro atoms. The van der Waals surface area contributed by atoms with Crippen LogP contribution in [0.2, 0.25) is 0 Å². The second kappa shape index (κ2) is 4.03. The number of thiazole rings is 1. The molecule has 0 saturated carbocycles. The van der Waals surface area contributed by atoms with Crippen LogP contribution in [0.15, 0.2) is 6.20 Å². The maximum absolute atomic E-state index is 11.9. The SMILES string of the molecule is COc1ncc(C(=O)c2snnc2C)s1. The van der Waals surface area contributed by atoms with E-state index in [2.05, 4.69) is 14.6 Å². The summed E-state index contributed by atoms with van der Waals surface area (Å²) in [6.07, 6.45) is 1.50. The maximum atomic E-state index is 11.9. The number of carbonyl (C=O) groups excluding carboxylic acids is 1. The fourth-order valence-electron chi connectivity index (χ4n) is 1.01. The Morgan fingerprint density at radius 2 is 2.33 bits per heavy atom. The van der Waals surface area contributed by atoms with Crippen LogP contribution in [0.5, 0.6) is 5.19 Å². The Hall–Kier alpha value is -1.34. The van der Waals surface area contributed by atoms with Gasteiger partial charge in [0.25, 0.3) is 5.19 Å². The van der Waals surface area contributed by atoms with Gasteiger partial charge in [-0.3, -0.25) is 4.79 Å². The Labute approximate surface area is 93.9 Å². The Bertz CT molecular complexity index is 492. The van der Waals surface area contributed by atoms with Crippen molar-refractivity contribution >= 4 is 28.7 Å². The Kier molecular flexibility index (Phi) is 2.74. The molecule has 78 valence electrons. The molecule has 2 aromatic rings. The Morgan fingerprint density at radius 1 is 1.53 bits per heavy atom. The summed E-state index contributed by atoms with van der Waals surface area (Å²) < 4.78 is 8.64. The van der Waals surface area contributed by atoms with E-state index in [0.717, 1.165) is 11.5 Å². The van der Waals surface area contributed by atoms with Crippen molar-refractivity contribution in [1.82, 2.24) is 14.6 Å². The van der Waals surface area contributed by atoms with Gasteiger partial charge in [0.05, 0.1) is 23.9 Å². The van der Waals surface area contributed by atoms with Gasteiger partial charge in [0, 0.05) is 0 Å². The third-order valence-corrected chi connectivity index (χ3v) is 3.52. The molecule has 2 rings (SSSR count). The lowest BCUT2D eigenvalue weighted by Crippen LogP contribution is -1.97. The number of nitrogens with zero attached hydrogens (tertiary/aromatic N) is 3. The van der Waals surface area contributed by atoms with E-state index >= 15 is 0 Å². The first kappa shape index (κ1) is 10.2. The second-order valence-corrected chi connectivity index (χ2v) is 4.46. The minimum atomic E-state index is -0.0942. The topological polar surface area (TPSA) is 65.0 Å². The molecule has 0 saturated heterocycles. The van der Waals surface area contributed by atoms with Crippen LogP contribution in [0.3, 0.4) is 0 Å². The first-order valence-electron chi connectivity index (χ1n) is 4.06. The predicted octanol–water partition coefficient (Wildman–Crippen LogP) is 1.54. The van der Waals surface area contributed by atoms with Gasteiger partial charge in [0.2, 0.25) is 5.78 Å². The van der Waals surface area contributed by atoms with Crippen molar-refractivity contribution in [3.05, 3.63) is 21.6 Å². The molecule has 5 nitrogen and oxygen atoms in total. The number of hydrogen-bond acceptors (Lipinski definition) is 7. The summed E-state index contributed by atoms with van der Waals surface area (Å²) in [7, 11) is 1.52. The lowest BCUT2D eigenvalue weighted by Gasteiger charge is -1.91. The number of carbonyl (C=O) groups is 1. The highest BCUT2D eigenvalue weighted by Crippen LogP contribution is 2.24. The van der Waals surface area contributed by atoms with Crippen LogP contribution in [-0.4, -0.2) is 27.5 Å². The van der Waals surface area contributed by atoms with Crippen molar-refractivity contribution < 1.29 is 9.53 Å². The number of aryl methyl sites for hydroxylation is 1. The zero-order valence-corrected chi connectivity index (χ0v) is 9.68. The Morgan fingerprint density at radius 3 is 2.87 bits per heavy atom. The monoisotopic (exact) mass is 241 g/mol. The molecule has 0 radical (unpaired) electrons. The van der Waals surface area contributed by atoms with Crippen molar-refractivity contribution in [2.45, 2.75) is 6.92 Å². The van der Waals surface area contributed by atoms with Crippen molar-refractivity contribution in [2.75, 3.05) is 7.11 Å². The molecule has 0 amide bonds. The van der Waals surface area contributed by atoms with Crippen LogP contribution in [0.1, 0.15) is 20.2 Å². The molecular formula is C8H7N3O2S2. The van der Waals surface area contributed by atoms with Crippen molar-refractivity contribution in [3.63, 3.8) is 0 Å². The third kappa shape index (κ3) is 1.88. The maximum Gasteiger partial charge on any atom is 0.273 e. The molecule has 0 aliphatic carbocycles. The molecule has 0 N–H and O–H groups in total. The molecule has 0 aromatic carbocycles. The van der Waals surface area contributed by atoms with Gasteiger partial charge in [-0.15, -0.1) is 5.10 Å². The summed E-state index contributed by atoms with van der Waals surface area (Å²) in [4.78, 5) is 16.9. The summed E-state index contributed by atoms with van der Waals surface area (Å²) in [5.74, 6) is -0.0942. The minimum absolute atomic E-state index is 0.0942. The standard InChI is InChI=1S/C8H7N3O2S2/c1-4-7(15-11-10-4)6(12)5-3-9-8(13-2)14-5/h3H,1-2H3. The smallest absolute Gasteiger partial charge is 0.273 e. The third-order valence-electron chi connectivity index (χ3n) is 1.74. The average molecular weight is 241 g/mol. The quantitative estimate of drug-likeness (QED) is 0.763. The summed E-state index contributed by atoms with van der Waals surface area (Å²) in [6.45, 7) is 1.76. The van der Waals surface area contributed by atoms with Gasteiger partial charge >= 0.3 is 0 Å². The second-order valence-electron chi connectivity index (χ2n) is 2.71. The molecule has 0 atom stereocenters. The zero-order valence-electron chi connectivity index (χ0n) is 8.05. The summed E-state index contributed by atoms with van der Waals surface area (Å²) in [6, 6.07) is 0. The number of ketones is 1. The largest absolute Gasteiger partial charge is 0.473 e. The van der Waals surface area contributed by atoms with Gasteiger partial charge in [-0.1, -0.05) is 15.8 Å². The molecule has 0 bridgehead atoms. The van der Waals surface area contributed by atoms with Crippen LogP contribution >= 0.6 is 22.9 Å². The highest BCUT2D eigenvalue weighted by atomic mass is 32.1. The van der Waals surface area contributed by atoms with Crippen LogP contribution in [0, 0.1) is 6.92 Å². The van der Waals surface area contributed by atoms with E-state index in [1.54, 1.807) is 6.92 Å². The molecule has 0 aliphatic rings. The average Bonchev–Trinajstić information content (AvgIpc) is 2.84. The highest BCUT2D eigenvalue weighted by Gasteiger charge is 2.18. The first-order valence-corrected chi connectivity index (χ1v) is 5.65. The van der Waals surface area contributed by atoms with E-state index in [-0.39, 0.29) is 5.78 Å². The van der Waals surface area contributed by atoms with Crippen LogP contribution in [0.4, 0.5) is 0 Å². The summed E-state index contributed by atoms with van der Waals surface area (Å²) >= 11 is 2.31. The van der Waals surface area contributed by atoms with E-state index in [1.165, 1.54) is 24.6 Å². The van der Waals surface area contributed by atoms with E-state index in [0.29, 0.717) is 20.6 Å². The first-order chi connectivity index (χ1) is 7.22. The van der Waals surface area contributed by atoms with Crippen LogP contribution in [-0.2, 0) is 0 Å². The van der Waals surface area contributed by atoms with E-state index in [9.17, 15) is 4.79 Å². The molecule has 2 heterocycles. The summed E-state index contributed by atoms with van der Waals surface area (Å²) in [5.41, 5.74) is 0.650. The van der Waals surface area contributed by atoms with Crippen molar-refractivity contribution in [3.8, 4) is 5.19 Å². The van der Waals surface area contributed by atoms with Gasteiger partial charge in [0.1, 0.15) is 4.88 Å². The van der Waals surface area contributed by atoms with Crippen LogP contribution in [0.25, 0.3) is 0 Å². The zero-order chi connectivity index (χ0) is 10.8. The number of methoxy groups -OCH3 is 1.